The molecule has 1 atom stereocenters. The fourth-order valence-corrected chi connectivity index (χ4v) is 3.01. The number of quaternary nitrogens is 1. The monoisotopic (exact) mass is 352 g/mol. The number of hydrogen-bond donors (Lipinski definition) is 1. The minimum absolute atomic E-state index is 0.0206. The molecule has 1 saturated heterocycles. The third kappa shape index (κ3) is 2.82. The number of nitrogens with zero attached hydrogens (tertiary/aromatic N) is 1. The van der Waals surface area contributed by atoms with Crippen LogP contribution in [0.25, 0.3) is 0 Å². The fourth-order valence-electron chi connectivity index (χ4n) is 3.01. The van der Waals surface area contributed by atoms with Crippen LogP contribution in [0.15, 0.2) is 23.4 Å². The molecular weight excluding hydrogens is 325 g/mol. The first kappa shape index (κ1) is 19.7. The topological polar surface area (TPSA) is 82.1 Å². The van der Waals surface area contributed by atoms with Gasteiger partial charge >= 0.3 is 19.2 Å². The highest BCUT2D eigenvalue weighted by Gasteiger charge is 2.60. The molecule has 0 bridgehead atoms. The van der Waals surface area contributed by atoms with Crippen molar-refractivity contribution in [2.24, 2.45) is 0 Å². The van der Waals surface area contributed by atoms with Gasteiger partial charge in [-0.15, -0.1) is 0 Å². The Morgan fingerprint density at radius 1 is 1.16 bits per heavy atom. The Bertz CT molecular complexity index is 657. The number of esters is 1. The smallest absolute Gasteiger partial charge is 0.462 e. The van der Waals surface area contributed by atoms with Crippen LogP contribution < -0.4 is 0 Å². The molecule has 0 radical (unpaired) electrons. The molecule has 2 aliphatic rings. The zero-order valence-corrected chi connectivity index (χ0v) is 16.2. The Kier molecular flexibility index (Phi) is 4.48. The minimum atomic E-state index is -1.17. The maximum Gasteiger partial charge on any atom is 0.524 e. The van der Waals surface area contributed by atoms with Crippen LogP contribution in [0.3, 0.4) is 0 Å². The molecule has 0 aliphatic carbocycles. The van der Waals surface area contributed by atoms with Gasteiger partial charge in [0, 0.05) is 11.5 Å². The van der Waals surface area contributed by atoms with Gasteiger partial charge in [-0.25, -0.2) is 4.79 Å². The lowest BCUT2D eigenvalue weighted by Gasteiger charge is -2.38. The van der Waals surface area contributed by atoms with Gasteiger partial charge in [0.05, 0.1) is 18.3 Å². The van der Waals surface area contributed by atoms with Crippen LogP contribution in [0.5, 0.6) is 0 Å². The lowest BCUT2D eigenvalue weighted by atomic mass is 9.79. The van der Waals surface area contributed by atoms with Crippen molar-refractivity contribution in [1.29, 1.82) is 0 Å². The van der Waals surface area contributed by atoms with Crippen LogP contribution in [-0.4, -0.2) is 52.6 Å². The number of hydrogen-bond acceptors (Lipinski definition) is 5. The quantitative estimate of drug-likeness (QED) is 0.468. The molecule has 0 aromatic heterocycles. The second-order valence-electron chi connectivity index (χ2n) is 8.41. The van der Waals surface area contributed by atoms with Crippen molar-refractivity contribution in [2.75, 3.05) is 7.11 Å². The molecule has 1 amide bonds. The molecule has 2 aliphatic heterocycles. The van der Waals surface area contributed by atoms with Gasteiger partial charge in [0.15, 0.2) is 0 Å². The number of allylic oxidation sites excluding steroid dienone is 2. The van der Waals surface area contributed by atoms with Crippen molar-refractivity contribution in [1.82, 2.24) is 0 Å². The van der Waals surface area contributed by atoms with Gasteiger partial charge in [-0.05, 0) is 48.5 Å². The first-order valence-corrected chi connectivity index (χ1v) is 8.21. The third-order valence-corrected chi connectivity index (χ3v) is 5.31. The van der Waals surface area contributed by atoms with Crippen molar-refractivity contribution in [3.05, 3.63) is 23.4 Å². The highest BCUT2D eigenvalue weighted by Crippen LogP contribution is 2.44. The van der Waals surface area contributed by atoms with Crippen molar-refractivity contribution in [2.45, 2.75) is 65.2 Å². The molecule has 1 fully saturated rings. The Labute approximate surface area is 149 Å². The largest absolute Gasteiger partial charge is 0.524 e. The summed E-state index contributed by atoms with van der Waals surface area (Å²) in [4.78, 5) is 24.5. The number of amides is 1. The highest BCUT2D eigenvalue weighted by atomic mass is 16.7. The van der Waals surface area contributed by atoms with Gasteiger partial charge in [0.25, 0.3) is 0 Å². The van der Waals surface area contributed by atoms with E-state index >= 15 is 0 Å². The van der Waals surface area contributed by atoms with Gasteiger partial charge in [0.2, 0.25) is 5.70 Å². The fraction of sp³-hybridized carbons (Fsp3) is 0.647. The number of ether oxygens (including phenoxy) is 1. The van der Waals surface area contributed by atoms with E-state index in [1.807, 2.05) is 27.7 Å². The van der Waals surface area contributed by atoms with Crippen LogP contribution in [-0.2, 0) is 18.8 Å². The van der Waals surface area contributed by atoms with Crippen molar-refractivity contribution < 1.29 is 33.2 Å². The molecule has 2 heterocycles. The molecule has 7 nitrogen and oxygen atoms in total. The van der Waals surface area contributed by atoms with E-state index in [1.165, 1.54) is 19.4 Å². The number of methoxy groups -OCH3 is 1. The zero-order valence-electron chi connectivity index (χ0n) is 16.2. The Morgan fingerprint density at radius 2 is 1.64 bits per heavy atom. The van der Waals surface area contributed by atoms with Crippen LogP contribution in [0.1, 0.15) is 48.5 Å². The first-order valence-electron chi connectivity index (χ1n) is 8.21. The summed E-state index contributed by atoms with van der Waals surface area (Å²) in [5.74, 6) is -0.694. The summed E-state index contributed by atoms with van der Waals surface area (Å²) in [6, 6.07) is 0. The number of carbonyl (C=O) groups excluding carboxylic acids is 1. The number of rotatable bonds is 2. The molecule has 0 spiro atoms. The summed E-state index contributed by atoms with van der Waals surface area (Å²) in [6.45, 7) is 12.9. The molecule has 8 heteroatoms. The van der Waals surface area contributed by atoms with E-state index in [2.05, 4.69) is 0 Å². The SMILES string of the molecule is COC(=O)C1=CC(B2OC(C)(C)C(C)(C)O2)=C[N+]1(C(=O)O)C(C)(C)C. The van der Waals surface area contributed by atoms with Crippen LogP contribution >= 0.6 is 0 Å². The summed E-state index contributed by atoms with van der Waals surface area (Å²) in [5, 5.41) is 9.98. The lowest BCUT2D eigenvalue weighted by Crippen LogP contribution is -2.59. The summed E-state index contributed by atoms with van der Waals surface area (Å²) >= 11 is 0. The summed E-state index contributed by atoms with van der Waals surface area (Å²) in [6.07, 6.45) is 1.85. The van der Waals surface area contributed by atoms with E-state index < -0.39 is 40.4 Å². The first-order chi connectivity index (χ1) is 11.2. The molecule has 0 saturated carbocycles. The Hall–Kier alpha value is -1.64. The molecule has 1 unspecified atom stereocenters. The molecule has 2 rings (SSSR count). The van der Waals surface area contributed by atoms with Crippen LogP contribution in [0.4, 0.5) is 4.79 Å². The summed E-state index contributed by atoms with van der Waals surface area (Å²) in [5.41, 5.74) is -1.44. The Balaban J connectivity index is 2.58. The van der Waals surface area contributed by atoms with Gasteiger partial charge in [-0.1, -0.05) is 0 Å². The van der Waals surface area contributed by atoms with Crippen molar-refractivity contribution in [3.8, 4) is 0 Å². The van der Waals surface area contributed by atoms with Gasteiger partial charge in [-0.3, -0.25) is 0 Å². The standard InChI is InChI=1S/C17H26BNO6/c1-15(2,3)19(14(21)22)10-11(9-12(19)13(20)23-8)18-24-16(4,5)17(6,7)25-18/h9-10H,1-8H3/p+1. The van der Waals surface area contributed by atoms with Crippen LogP contribution in [0, 0.1) is 0 Å². The molecule has 138 valence electrons. The van der Waals surface area contributed by atoms with E-state index in [-0.39, 0.29) is 5.70 Å². The van der Waals surface area contributed by atoms with E-state index in [9.17, 15) is 14.7 Å². The van der Waals surface area contributed by atoms with E-state index in [0.29, 0.717) is 5.47 Å². The summed E-state index contributed by atoms with van der Waals surface area (Å²) < 4.78 is 16.2. The molecule has 25 heavy (non-hydrogen) atoms. The van der Waals surface area contributed by atoms with Gasteiger partial charge < -0.3 is 19.2 Å². The van der Waals surface area contributed by atoms with Crippen LogP contribution in [0.2, 0.25) is 0 Å². The Morgan fingerprint density at radius 3 is 2.00 bits per heavy atom. The average Bonchev–Trinajstić information content (AvgIpc) is 2.94. The highest BCUT2D eigenvalue weighted by molar-refractivity contribution is 6.55. The predicted molar refractivity (Wildman–Crippen MR) is 92.3 cm³/mol. The normalized spacial score (nSPS) is 27.8. The van der Waals surface area contributed by atoms with Crippen molar-refractivity contribution >= 4 is 19.2 Å². The van der Waals surface area contributed by atoms with Crippen molar-refractivity contribution in [3.63, 3.8) is 0 Å². The van der Waals surface area contributed by atoms with Gasteiger partial charge in [-0.2, -0.15) is 9.28 Å². The average molecular weight is 352 g/mol. The van der Waals surface area contributed by atoms with E-state index in [4.69, 9.17) is 14.0 Å². The molecule has 0 aromatic carbocycles. The lowest BCUT2D eigenvalue weighted by molar-refractivity contribution is -0.812. The molecular formula is C17H27BNO6+. The number of carboxylic acid groups (broad SMARTS) is 1. The number of carbonyl (C=O) groups is 2. The van der Waals surface area contributed by atoms with E-state index in [1.54, 1.807) is 20.8 Å². The van der Waals surface area contributed by atoms with E-state index in [0.717, 1.165) is 0 Å². The third-order valence-electron chi connectivity index (χ3n) is 5.31. The second-order valence-corrected chi connectivity index (χ2v) is 8.41. The zero-order chi connectivity index (χ0) is 19.4. The molecule has 0 aromatic rings. The van der Waals surface area contributed by atoms with Gasteiger partial charge in [0.1, 0.15) is 11.7 Å². The predicted octanol–water partition coefficient (Wildman–Crippen LogP) is 2.87. The minimum Gasteiger partial charge on any atom is -0.462 e. The maximum absolute atomic E-state index is 12.3. The maximum atomic E-state index is 12.3. The second kappa shape index (κ2) is 5.69. The molecule has 1 N–H and O–H groups in total. The summed E-state index contributed by atoms with van der Waals surface area (Å²) in [7, 11) is 0.473.